The number of nitrogens with two attached hydrogens (primary N) is 2. The van der Waals surface area contributed by atoms with Gasteiger partial charge in [0.25, 0.3) is 0 Å². The fourth-order valence-corrected chi connectivity index (χ4v) is 6.06. The molecule has 0 aromatic carbocycles. The van der Waals surface area contributed by atoms with E-state index in [4.69, 9.17) is 15.0 Å². The first kappa shape index (κ1) is 32.8. The highest BCUT2D eigenvalue weighted by Crippen LogP contribution is 2.38. The Kier molecular flexibility index (Phi) is 16.3. The molecule has 0 bridgehead atoms. The maximum Gasteiger partial charge on any atom is 0.209 e. The second-order valence-electron chi connectivity index (χ2n) is 9.88. The van der Waals surface area contributed by atoms with Crippen molar-refractivity contribution >= 4 is 20.0 Å². The summed E-state index contributed by atoms with van der Waals surface area (Å²) in [6.07, 6.45) is 13.8. The van der Waals surface area contributed by atoms with Crippen LogP contribution in [-0.2, 0) is 24.8 Å². The molecular formula is C24H52N2O5S2. The number of primary sulfonamides is 2. The van der Waals surface area contributed by atoms with E-state index in [9.17, 15) is 16.8 Å². The molecule has 4 N–H and O–H groups in total. The van der Waals surface area contributed by atoms with Crippen molar-refractivity contribution in [3.8, 4) is 0 Å². The molecule has 0 radical (unpaired) electrons. The molecule has 0 spiro atoms. The number of unbranched alkanes of at least 4 members (excludes halogenated alkanes) is 2. The summed E-state index contributed by atoms with van der Waals surface area (Å²) in [5.41, 5.74) is 0.412. The molecule has 0 aromatic rings. The lowest BCUT2D eigenvalue weighted by atomic mass is 9.74. The van der Waals surface area contributed by atoms with E-state index in [0.29, 0.717) is 12.8 Å². The van der Waals surface area contributed by atoms with Crippen LogP contribution in [0.3, 0.4) is 0 Å². The van der Waals surface area contributed by atoms with E-state index in [1.165, 1.54) is 0 Å². The van der Waals surface area contributed by atoms with Gasteiger partial charge < -0.3 is 4.74 Å². The van der Waals surface area contributed by atoms with Crippen LogP contribution in [0.25, 0.3) is 0 Å². The Labute approximate surface area is 204 Å². The molecule has 0 aliphatic carbocycles. The highest BCUT2D eigenvalue weighted by Gasteiger charge is 2.26. The van der Waals surface area contributed by atoms with Gasteiger partial charge in [0.2, 0.25) is 20.0 Å². The summed E-state index contributed by atoms with van der Waals surface area (Å²) in [6, 6.07) is 0. The topological polar surface area (TPSA) is 130 Å². The summed E-state index contributed by atoms with van der Waals surface area (Å²) in [6.45, 7) is 10.3. The quantitative estimate of drug-likeness (QED) is 0.195. The minimum absolute atomic E-state index is 0.0708. The third-order valence-corrected chi connectivity index (χ3v) is 9.48. The lowest BCUT2D eigenvalue weighted by Crippen LogP contribution is -2.23. The summed E-state index contributed by atoms with van der Waals surface area (Å²) in [4.78, 5) is 0. The van der Waals surface area contributed by atoms with Crippen molar-refractivity contribution in [3.05, 3.63) is 0 Å². The van der Waals surface area contributed by atoms with Crippen molar-refractivity contribution in [2.24, 2.45) is 21.1 Å². The van der Waals surface area contributed by atoms with Crippen LogP contribution in [0.4, 0.5) is 0 Å². The number of hydrogen-bond acceptors (Lipinski definition) is 5. The molecule has 0 amide bonds. The molecule has 7 nitrogen and oxygen atoms in total. The summed E-state index contributed by atoms with van der Waals surface area (Å²) in [7, 11) is -6.75. The van der Waals surface area contributed by atoms with E-state index in [2.05, 4.69) is 27.7 Å². The molecule has 200 valence electrons. The van der Waals surface area contributed by atoms with Gasteiger partial charge in [0.1, 0.15) is 0 Å². The molecule has 0 fully saturated rings. The van der Waals surface area contributed by atoms with Crippen molar-refractivity contribution in [3.63, 3.8) is 0 Å². The van der Waals surface area contributed by atoms with Crippen molar-refractivity contribution in [1.82, 2.24) is 0 Å². The third kappa shape index (κ3) is 16.1. The van der Waals surface area contributed by atoms with Crippen molar-refractivity contribution in [1.29, 1.82) is 0 Å². The highest BCUT2D eigenvalue weighted by atomic mass is 32.2. The van der Waals surface area contributed by atoms with Crippen LogP contribution >= 0.6 is 0 Å². The molecule has 0 atom stereocenters. The molecule has 33 heavy (non-hydrogen) atoms. The molecule has 0 unspecified atom stereocenters. The lowest BCUT2D eigenvalue weighted by molar-refractivity contribution is 0.114. The Hall–Kier alpha value is -0.220. The second-order valence-corrected chi connectivity index (χ2v) is 13.3. The van der Waals surface area contributed by atoms with E-state index < -0.39 is 20.0 Å². The van der Waals surface area contributed by atoms with Crippen LogP contribution in [0.5, 0.6) is 0 Å². The van der Waals surface area contributed by atoms with Crippen LogP contribution in [0, 0.1) is 10.8 Å². The fraction of sp³-hybridized carbons (Fsp3) is 1.00. The molecule has 0 rings (SSSR count). The third-order valence-electron chi connectivity index (χ3n) is 7.76. The van der Waals surface area contributed by atoms with Crippen LogP contribution in [0.1, 0.15) is 118 Å². The summed E-state index contributed by atoms with van der Waals surface area (Å²) in [5, 5.41) is 10.3. The van der Waals surface area contributed by atoms with Gasteiger partial charge in [-0.1, -0.05) is 66.2 Å². The van der Waals surface area contributed by atoms with Gasteiger partial charge in [-0.2, -0.15) is 0 Å². The van der Waals surface area contributed by atoms with Crippen molar-refractivity contribution < 1.29 is 21.6 Å². The smallest absolute Gasteiger partial charge is 0.209 e. The summed E-state index contributed by atoms with van der Waals surface area (Å²) >= 11 is 0. The fourth-order valence-electron chi connectivity index (χ4n) is 4.97. The van der Waals surface area contributed by atoms with Crippen LogP contribution < -0.4 is 10.3 Å². The monoisotopic (exact) mass is 512 g/mol. The zero-order chi connectivity index (χ0) is 25.4. The number of hydrogen-bond donors (Lipinski definition) is 2. The number of rotatable bonds is 22. The Bertz CT molecular complexity index is 640. The Morgan fingerprint density at radius 1 is 0.545 bits per heavy atom. The largest absolute Gasteiger partial charge is 0.381 e. The molecule has 0 aliphatic rings. The van der Waals surface area contributed by atoms with Gasteiger partial charge >= 0.3 is 0 Å². The molecule has 9 heteroatoms. The maximum absolute atomic E-state index is 11.2. The summed E-state index contributed by atoms with van der Waals surface area (Å²) in [5.74, 6) is 0.142. The second kappa shape index (κ2) is 16.5. The predicted molar refractivity (Wildman–Crippen MR) is 139 cm³/mol. The Morgan fingerprint density at radius 3 is 1.12 bits per heavy atom. The van der Waals surface area contributed by atoms with E-state index in [0.717, 1.165) is 90.3 Å². The van der Waals surface area contributed by atoms with E-state index in [1.807, 2.05) is 0 Å². The lowest BCUT2D eigenvalue weighted by Gasteiger charge is -2.32. The van der Waals surface area contributed by atoms with Crippen LogP contribution in [0.15, 0.2) is 0 Å². The van der Waals surface area contributed by atoms with E-state index >= 15 is 0 Å². The molecule has 0 saturated carbocycles. The molecule has 0 aromatic heterocycles. The molecule has 0 heterocycles. The summed E-state index contributed by atoms with van der Waals surface area (Å²) < 4.78 is 50.7. The van der Waals surface area contributed by atoms with E-state index in [1.54, 1.807) is 0 Å². The van der Waals surface area contributed by atoms with E-state index in [-0.39, 0.29) is 22.3 Å². The SMILES string of the molecule is CCC(CC)(CCCCOCCCCC(CC)(CC)CCCS(N)(=O)=O)CCCS(N)(=O)=O. The zero-order valence-corrected chi connectivity index (χ0v) is 23.4. The van der Waals surface area contributed by atoms with Crippen LogP contribution in [0.2, 0.25) is 0 Å². The first-order valence-electron chi connectivity index (χ1n) is 12.9. The number of sulfonamides is 2. The van der Waals surface area contributed by atoms with Crippen molar-refractivity contribution in [2.75, 3.05) is 24.7 Å². The molecule has 0 aliphatic heterocycles. The van der Waals surface area contributed by atoms with Gasteiger partial charge in [-0.25, -0.2) is 27.1 Å². The first-order valence-corrected chi connectivity index (χ1v) is 16.4. The Balaban J connectivity index is 4.11. The van der Waals surface area contributed by atoms with Gasteiger partial charge in [0, 0.05) is 13.2 Å². The highest BCUT2D eigenvalue weighted by molar-refractivity contribution is 7.89. The van der Waals surface area contributed by atoms with Gasteiger partial charge in [-0.3, -0.25) is 0 Å². The van der Waals surface area contributed by atoms with Crippen LogP contribution in [-0.4, -0.2) is 41.6 Å². The maximum atomic E-state index is 11.2. The first-order chi connectivity index (χ1) is 15.4. The standard InChI is InChI=1S/C24H52N2O5S2/c1-5-23(6-2,17-13-21-32(25,27)28)15-9-11-19-31-20-12-10-16-24(7-3,8-4)18-14-22-33(26,29)30/h5-22H2,1-4H3,(H2,25,27,28)(H2,26,29,30). The average Bonchev–Trinajstić information content (AvgIpc) is 2.74. The normalized spacial score (nSPS) is 13.5. The number of ether oxygens (including phenoxy) is 1. The predicted octanol–water partition coefficient (Wildman–Crippen LogP) is 5.09. The molecular weight excluding hydrogens is 460 g/mol. The minimum Gasteiger partial charge on any atom is -0.381 e. The van der Waals surface area contributed by atoms with Gasteiger partial charge in [0.05, 0.1) is 11.5 Å². The van der Waals surface area contributed by atoms with Gasteiger partial charge in [-0.15, -0.1) is 0 Å². The van der Waals surface area contributed by atoms with Gasteiger partial charge in [-0.05, 0) is 62.2 Å². The van der Waals surface area contributed by atoms with Gasteiger partial charge in [0.15, 0.2) is 0 Å². The molecule has 0 saturated heterocycles. The van der Waals surface area contributed by atoms with Crippen molar-refractivity contribution in [2.45, 2.75) is 118 Å². The average molecular weight is 513 g/mol. The minimum atomic E-state index is -3.38. The zero-order valence-electron chi connectivity index (χ0n) is 21.7. The Morgan fingerprint density at radius 2 is 0.848 bits per heavy atom.